The highest BCUT2D eigenvalue weighted by Crippen LogP contribution is 2.43. The number of benzene rings is 1. The van der Waals surface area contributed by atoms with Gasteiger partial charge in [0.25, 0.3) is 5.91 Å². The molecule has 1 aliphatic heterocycles. The minimum atomic E-state index is 0.0452. The molecule has 1 amide bonds. The second kappa shape index (κ2) is 9.39. The molecule has 0 radical (unpaired) electrons. The highest BCUT2D eigenvalue weighted by molar-refractivity contribution is 9.10. The van der Waals surface area contributed by atoms with Crippen molar-refractivity contribution in [3.63, 3.8) is 0 Å². The van der Waals surface area contributed by atoms with Gasteiger partial charge in [-0.2, -0.15) is 0 Å². The lowest BCUT2D eigenvalue weighted by Crippen LogP contribution is -2.25. The zero-order valence-corrected chi connectivity index (χ0v) is 20.2. The minimum absolute atomic E-state index is 0.0452. The Hall–Kier alpha value is -2.40. The quantitative estimate of drug-likeness (QED) is 0.489. The smallest absolute Gasteiger partial charge is 0.253 e. The van der Waals surface area contributed by atoms with Gasteiger partial charge in [-0.1, -0.05) is 46.2 Å². The number of nitrogens with zero attached hydrogens (tertiary/aromatic N) is 3. The van der Waals surface area contributed by atoms with Crippen LogP contribution in [0.1, 0.15) is 60.1 Å². The molecule has 0 bridgehead atoms. The van der Waals surface area contributed by atoms with Gasteiger partial charge in [-0.05, 0) is 56.0 Å². The first kappa shape index (κ1) is 21.8. The third-order valence-corrected chi connectivity index (χ3v) is 7.03. The number of hydrogen-bond donors (Lipinski definition) is 0. The molecule has 1 unspecified atom stereocenters. The van der Waals surface area contributed by atoms with E-state index in [4.69, 9.17) is 0 Å². The monoisotopic (exact) mass is 479 g/mol. The predicted octanol–water partition coefficient (Wildman–Crippen LogP) is 6.05. The molecule has 4 rings (SSSR count). The maximum absolute atomic E-state index is 12.1. The number of amides is 1. The Morgan fingerprint density at radius 2 is 1.97 bits per heavy atom. The van der Waals surface area contributed by atoms with Crippen LogP contribution in [0.15, 0.2) is 58.2 Å². The topological polar surface area (TPSA) is 36.4 Å². The molecule has 0 fully saturated rings. The van der Waals surface area contributed by atoms with Crippen molar-refractivity contribution in [1.29, 1.82) is 0 Å². The summed E-state index contributed by atoms with van der Waals surface area (Å²) in [6.07, 6.45) is 10.9. The molecule has 2 aromatic rings. The van der Waals surface area contributed by atoms with Crippen LogP contribution in [-0.4, -0.2) is 43.0 Å². The Kier molecular flexibility index (Phi) is 6.61. The Morgan fingerprint density at radius 1 is 1.19 bits per heavy atom. The lowest BCUT2D eigenvalue weighted by Gasteiger charge is -2.23. The van der Waals surface area contributed by atoms with Gasteiger partial charge >= 0.3 is 0 Å². The van der Waals surface area contributed by atoms with E-state index >= 15 is 0 Å². The first-order chi connectivity index (χ1) is 15.0. The van der Waals surface area contributed by atoms with E-state index in [-0.39, 0.29) is 5.91 Å². The number of rotatable bonds is 5. The van der Waals surface area contributed by atoms with Crippen LogP contribution in [0.4, 0.5) is 5.69 Å². The van der Waals surface area contributed by atoms with Crippen LogP contribution in [0, 0.1) is 0 Å². The minimum Gasteiger partial charge on any atom is -0.371 e. The van der Waals surface area contributed by atoms with Gasteiger partial charge in [0.2, 0.25) is 0 Å². The lowest BCUT2D eigenvalue weighted by atomic mass is 9.91. The van der Waals surface area contributed by atoms with Crippen molar-refractivity contribution < 1.29 is 4.79 Å². The summed E-state index contributed by atoms with van der Waals surface area (Å²) in [6, 6.07) is 10.1. The molecule has 1 aromatic carbocycles. The van der Waals surface area contributed by atoms with Crippen molar-refractivity contribution >= 4 is 33.6 Å². The molecule has 4 nitrogen and oxygen atoms in total. The number of halogens is 1. The molecule has 1 aromatic heterocycles. The zero-order chi connectivity index (χ0) is 22.0. The van der Waals surface area contributed by atoms with E-state index < -0.39 is 0 Å². The fourth-order valence-corrected chi connectivity index (χ4v) is 5.08. The molecular weight excluding hydrogens is 450 g/mol. The van der Waals surface area contributed by atoms with Crippen LogP contribution in [0.3, 0.4) is 0 Å². The molecule has 162 valence electrons. The van der Waals surface area contributed by atoms with Gasteiger partial charge in [0.1, 0.15) is 0 Å². The number of carbonyl (C=O) groups is 1. The molecule has 5 heteroatoms. The predicted molar refractivity (Wildman–Crippen MR) is 132 cm³/mol. The van der Waals surface area contributed by atoms with Crippen molar-refractivity contribution in [1.82, 2.24) is 9.88 Å². The van der Waals surface area contributed by atoms with Crippen molar-refractivity contribution in [2.45, 2.75) is 38.5 Å². The fourth-order valence-electron chi connectivity index (χ4n) is 4.65. The third-order valence-electron chi connectivity index (χ3n) is 6.34. The molecule has 2 aliphatic rings. The second-order valence-corrected chi connectivity index (χ2v) is 9.44. The maximum atomic E-state index is 12.1. The van der Waals surface area contributed by atoms with Gasteiger partial charge in [-0.25, -0.2) is 0 Å². The number of carbonyl (C=O) groups excluding carboxylic acids is 1. The van der Waals surface area contributed by atoms with Gasteiger partial charge in [0, 0.05) is 60.6 Å². The SMILES string of the molecule is CCC1C(CC2=CCCN(c3ccc(C(=O)N(C)C)cc3)CC2)=Cc2c(Br)ccnc21. The standard InChI is InChI=1S/C26H30BrN3O/c1-4-22-20(17-23-24(27)11-13-28-25(22)23)16-18-6-5-14-30(15-12-18)21-9-7-19(8-10-21)26(31)29(2)3/h6-11,13,17,22H,4-5,12,14-16H2,1-3H3. The molecule has 0 saturated heterocycles. The number of allylic oxidation sites excluding steroid dienone is 1. The number of fused-ring (bicyclic) bond motifs is 1. The van der Waals surface area contributed by atoms with Crippen LogP contribution >= 0.6 is 15.9 Å². The van der Waals surface area contributed by atoms with Gasteiger partial charge in [0.05, 0.1) is 5.69 Å². The van der Waals surface area contributed by atoms with Gasteiger partial charge in [-0.3, -0.25) is 9.78 Å². The summed E-state index contributed by atoms with van der Waals surface area (Å²) in [5, 5.41) is 0. The Morgan fingerprint density at radius 3 is 2.68 bits per heavy atom. The van der Waals surface area contributed by atoms with Crippen LogP contribution in [0.2, 0.25) is 0 Å². The summed E-state index contributed by atoms with van der Waals surface area (Å²) in [4.78, 5) is 20.9. The number of aromatic nitrogens is 1. The molecular formula is C26H30BrN3O. The Bertz CT molecular complexity index is 1020. The zero-order valence-electron chi connectivity index (χ0n) is 18.6. The number of hydrogen-bond acceptors (Lipinski definition) is 3. The maximum Gasteiger partial charge on any atom is 0.253 e. The second-order valence-electron chi connectivity index (χ2n) is 8.58. The van der Waals surface area contributed by atoms with Crippen LogP contribution in [0.5, 0.6) is 0 Å². The molecule has 1 aliphatic carbocycles. The van der Waals surface area contributed by atoms with E-state index in [2.05, 4.69) is 57.0 Å². The normalized spacial score (nSPS) is 18.2. The van der Waals surface area contributed by atoms with Crippen molar-refractivity contribution in [3.05, 3.63) is 75.0 Å². The first-order valence-corrected chi connectivity index (χ1v) is 11.9. The average molecular weight is 480 g/mol. The molecule has 0 saturated carbocycles. The lowest BCUT2D eigenvalue weighted by molar-refractivity contribution is 0.0827. The van der Waals surface area contributed by atoms with E-state index in [0.717, 1.165) is 48.8 Å². The summed E-state index contributed by atoms with van der Waals surface area (Å²) in [5.41, 5.74) is 7.42. The number of pyridine rings is 1. The van der Waals surface area contributed by atoms with Crippen LogP contribution in [0.25, 0.3) is 6.08 Å². The third kappa shape index (κ3) is 4.62. The Balaban J connectivity index is 1.42. The van der Waals surface area contributed by atoms with Crippen LogP contribution in [-0.2, 0) is 0 Å². The molecule has 0 spiro atoms. The average Bonchev–Trinajstić information content (AvgIpc) is 2.96. The Labute approximate surface area is 193 Å². The van der Waals surface area contributed by atoms with E-state index in [1.54, 1.807) is 19.0 Å². The first-order valence-electron chi connectivity index (χ1n) is 11.1. The number of anilines is 1. The van der Waals surface area contributed by atoms with Crippen molar-refractivity contribution in [2.24, 2.45) is 0 Å². The van der Waals surface area contributed by atoms with E-state index in [9.17, 15) is 4.79 Å². The fraction of sp³-hybridized carbons (Fsp3) is 0.385. The molecule has 2 heterocycles. The van der Waals surface area contributed by atoms with E-state index in [0.29, 0.717) is 5.92 Å². The highest BCUT2D eigenvalue weighted by atomic mass is 79.9. The van der Waals surface area contributed by atoms with E-state index in [1.165, 1.54) is 28.1 Å². The summed E-state index contributed by atoms with van der Waals surface area (Å²) >= 11 is 3.70. The van der Waals surface area contributed by atoms with Crippen molar-refractivity contribution in [3.8, 4) is 0 Å². The summed E-state index contributed by atoms with van der Waals surface area (Å²) in [6.45, 7) is 4.27. The molecule has 0 N–H and O–H groups in total. The highest BCUT2D eigenvalue weighted by Gasteiger charge is 2.27. The van der Waals surface area contributed by atoms with Crippen LogP contribution < -0.4 is 4.90 Å². The van der Waals surface area contributed by atoms with E-state index in [1.807, 2.05) is 24.4 Å². The van der Waals surface area contributed by atoms with Gasteiger partial charge < -0.3 is 9.80 Å². The largest absolute Gasteiger partial charge is 0.371 e. The summed E-state index contributed by atoms with van der Waals surface area (Å²) in [5.74, 6) is 0.471. The van der Waals surface area contributed by atoms with Gasteiger partial charge in [-0.15, -0.1) is 0 Å². The van der Waals surface area contributed by atoms with Gasteiger partial charge in [0.15, 0.2) is 0 Å². The summed E-state index contributed by atoms with van der Waals surface area (Å²) < 4.78 is 1.14. The molecule has 1 atom stereocenters. The molecule has 31 heavy (non-hydrogen) atoms. The van der Waals surface area contributed by atoms with Crippen molar-refractivity contribution in [2.75, 3.05) is 32.1 Å². The summed E-state index contributed by atoms with van der Waals surface area (Å²) in [7, 11) is 3.57.